The molecule has 2 aromatic carbocycles. The highest BCUT2D eigenvalue weighted by molar-refractivity contribution is 5.62. The Morgan fingerprint density at radius 2 is 1.80 bits per heavy atom. The van der Waals surface area contributed by atoms with E-state index in [1.807, 2.05) is 33.2 Å². The molecule has 2 N–H and O–H groups in total. The standard InChI is InChI=1S/C17H22N2O/c1-12-5-8-17(20)14(9-12)11-18-15-7-6-13(2)16(10-15)19(3)4/h5-10,18,20H,11H2,1-4H3. The van der Waals surface area contributed by atoms with Crippen molar-refractivity contribution in [2.24, 2.45) is 0 Å². The van der Waals surface area contributed by atoms with Crippen molar-refractivity contribution in [2.45, 2.75) is 20.4 Å². The minimum absolute atomic E-state index is 0.336. The molecule has 0 spiro atoms. The zero-order chi connectivity index (χ0) is 14.7. The number of aromatic hydroxyl groups is 1. The average Bonchev–Trinajstić information content (AvgIpc) is 2.41. The fourth-order valence-corrected chi connectivity index (χ4v) is 2.25. The summed E-state index contributed by atoms with van der Waals surface area (Å²) in [6, 6.07) is 12.0. The molecule has 0 aliphatic carbocycles. The lowest BCUT2D eigenvalue weighted by Gasteiger charge is -2.17. The van der Waals surface area contributed by atoms with Crippen LogP contribution in [0.3, 0.4) is 0 Å². The monoisotopic (exact) mass is 270 g/mol. The molecule has 0 saturated carbocycles. The molecule has 106 valence electrons. The van der Waals surface area contributed by atoms with Crippen LogP contribution < -0.4 is 10.2 Å². The molecular weight excluding hydrogens is 248 g/mol. The zero-order valence-electron chi connectivity index (χ0n) is 12.6. The first-order chi connectivity index (χ1) is 9.47. The SMILES string of the molecule is Cc1ccc(O)c(CNc2ccc(C)c(N(C)C)c2)c1. The van der Waals surface area contributed by atoms with Crippen LogP contribution in [-0.4, -0.2) is 19.2 Å². The van der Waals surface area contributed by atoms with E-state index in [4.69, 9.17) is 0 Å². The molecule has 2 rings (SSSR count). The van der Waals surface area contributed by atoms with Gasteiger partial charge in [0, 0.05) is 37.6 Å². The predicted octanol–water partition coefficient (Wildman–Crippen LogP) is 3.69. The minimum atomic E-state index is 0.336. The van der Waals surface area contributed by atoms with Crippen molar-refractivity contribution in [3.8, 4) is 5.75 Å². The molecule has 20 heavy (non-hydrogen) atoms. The second kappa shape index (κ2) is 5.87. The van der Waals surface area contributed by atoms with Gasteiger partial charge in [-0.25, -0.2) is 0 Å². The van der Waals surface area contributed by atoms with Crippen LogP contribution in [0.15, 0.2) is 36.4 Å². The van der Waals surface area contributed by atoms with E-state index < -0.39 is 0 Å². The van der Waals surface area contributed by atoms with E-state index >= 15 is 0 Å². The highest BCUT2D eigenvalue weighted by Crippen LogP contribution is 2.24. The first-order valence-electron chi connectivity index (χ1n) is 6.77. The van der Waals surface area contributed by atoms with Crippen LogP contribution in [0, 0.1) is 13.8 Å². The van der Waals surface area contributed by atoms with E-state index in [1.165, 1.54) is 11.3 Å². The van der Waals surface area contributed by atoms with Crippen molar-refractivity contribution < 1.29 is 5.11 Å². The lowest BCUT2D eigenvalue weighted by Crippen LogP contribution is -2.11. The predicted molar refractivity (Wildman–Crippen MR) is 85.7 cm³/mol. The fourth-order valence-electron chi connectivity index (χ4n) is 2.25. The number of nitrogens with one attached hydrogen (secondary N) is 1. The Balaban J connectivity index is 2.15. The number of hydrogen-bond donors (Lipinski definition) is 2. The summed E-state index contributed by atoms with van der Waals surface area (Å²) >= 11 is 0. The van der Waals surface area contributed by atoms with Gasteiger partial charge in [-0.3, -0.25) is 0 Å². The van der Waals surface area contributed by atoms with Gasteiger partial charge in [-0.05, 0) is 37.6 Å². The largest absolute Gasteiger partial charge is 0.508 e. The van der Waals surface area contributed by atoms with Crippen molar-refractivity contribution in [2.75, 3.05) is 24.3 Å². The number of phenolic OH excluding ortho intramolecular Hbond substituents is 1. The lowest BCUT2D eigenvalue weighted by atomic mass is 10.1. The van der Waals surface area contributed by atoms with Gasteiger partial charge in [0.15, 0.2) is 0 Å². The van der Waals surface area contributed by atoms with Gasteiger partial charge in [-0.2, -0.15) is 0 Å². The number of aryl methyl sites for hydroxylation is 2. The number of phenols is 1. The third-order valence-electron chi connectivity index (χ3n) is 3.41. The number of nitrogens with zero attached hydrogens (tertiary/aromatic N) is 1. The highest BCUT2D eigenvalue weighted by Gasteiger charge is 2.04. The maximum atomic E-state index is 9.85. The molecule has 3 heteroatoms. The maximum absolute atomic E-state index is 9.85. The van der Waals surface area contributed by atoms with Crippen LogP contribution in [0.5, 0.6) is 5.75 Å². The van der Waals surface area contributed by atoms with Crippen LogP contribution in [-0.2, 0) is 6.54 Å². The Morgan fingerprint density at radius 1 is 1.05 bits per heavy atom. The van der Waals surface area contributed by atoms with E-state index in [0.717, 1.165) is 16.8 Å². The number of benzene rings is 2. The van der Waals surface area contributed by atoms with Gasteiger partial charge in [0.2, 0.25) is 0 Å². The minimum Gasteiger partial charge on any atom is -0.508 e. The molecule has 0 aliphatic rings. The number of anilines is 2. The number of hydrogen-bond acceptors (Lipinski definition) is 3. The first-order valence-corrected chi connectivity index (χ1v) is 6.77. The summed E-state index contributed by atoms with van der Waals surface area (Å²) in [5.74, 6) is 0.336. The van der Waals surface area contributed by atoms with Gasteiger partial charge in [-0.15, -0.1) is 0 Å². The third-order valence-corrected chi connectivity index (χ3v) is 3.41. The van der Waals surface area contributed by atoms with Crippen molar-refractivity contribution in [1.82, 2.24) is 0 Å². The fraction of sp³-hybridized carbons (Fsp3) is 0.294. The van der Waals surface area contributed by atoms with Gasteiger partial charge in [0.1, 0.15) is 5.75 Å². The van der Waals surface area contributed by atoms with E-state index in [1.54, 1.807) is 6.07 Å². The summed E-state index contributed by atoms with van der Waals surface area (Å²) in [5, 5.41) is 13.2. The van der Waals surface area contributed by atoms with E-state index in [0.29, 0.717) is 12.3 Å². The topological polar surface area (TPSA) is 35.5 Å². The van der Waals surface area contributed by atoms with Gasteiger partial charge in [0.05, 0.1) is 0 Å². The lowest BCUT2D eigenvalue weighted by molar-refractivity contribution is 0.469. The highest BCUT2D eigenvalue weighted by atomic mass is 16.3. The average molecular weight is 270 g/mol. The second-order valence-electron chi connectivity index (χ2n) is 5.38. The summed E-state index contributed by atoms with van der Waals surface area (Å²) < 4.78 is 0. The molecule has 0 amide bonds. The molecule has 0 bridgehead atoms. The molecule has 0 unspecified atom stereocenters. The van der Waals surface area contributed by atoms with Crippen LogP contribution in [0.2, 0.25) is 0 Å². The molecule has 3 nitrogen and oxygen atoms in total. The Labute approximate surface area is 120 Å². The van der Waals surface area contributed by atoms with Crippen molar-refractivity contribution >= 4 is 11.4 Å². The van der Waals surface area contributed by atoms with Crippen LogP contribution in [0.1, 0.15) is 16.7 Å². The number of rotatable bonds is 4. The molecule has 0 atom stereocenters. The van der Waals surface area contributed by atoms with Gasteiger partial charge < -0.3 is 15.3 Å². The molecule has 0 saturated heterocycles. The van der Waals surface area contributed by atoms with Crippen LogP contribution in [0.25, 0.3) is 0 Å². The summed E-state index contributed by atoms with van der Waals surface area (Å²) in [4.78, 5) is 2.10. The molecule has 0 fully saturated rings. The van der Waals surface area contributed by atoms with Crippen LogP contribution in [0.4, 0.5) is 11.4 Å². The van der Waals surface area contributed by atoms with Crippen molar-refractivity contribution in [1.29, 1.82) is 0 Å². The summed E-state index contributed by atoms with van der Waals surface area (Å²) in [5.41, 5.74) is 5.57. The summed E-state index contributed by atoms with van der Waals surface area (Å²) in [6.45, 7) is 4.74. The molecule has 2 aromatic rings. The Morgan fingerprint density at radius 3 is 2.50 bits per heavy atom. The second-order valence-corrected chi connectivity index (χ2v) is 5.38. The summed E-state index contributed by atoms with van der Waals surface area (Å²) in [6.07, 6.45) is 0. The quantitative estimate of drug-likeness (QED) is 0.889. The normalized spacial score (nSPS) is 10.4. The zero-order valence-corrected chi connectivity index (χ0v) is 12.6. The molecular formula is C17H22N2O. The van der Waals surface area contributed by atoms with Crippen molar-refractivity contribution in [3.05, 3.63) is 53.1 Å². The molecule has 0 aliphatic heterocycles. The molecule has 0 aromatic heterocycles. The third kappa shape index (κ3) is 3.23. The van der Waals surface area contributed by atoms with E-state index in [2.05, 4.69) is 35.3 Å². The maximum Gasteiger partial charge on any atom is 0.120 e. The smallest absolute Gasteiger partial charge is 0.120 e. The van der Waals surface area contributed by atoms with Gasteiger partial charge >= 0.3 is 0 Å². The van der Waals surface area contributed by atoms with Crippen LogP contribution >= 0.6 is 0 Å². The Hall–Kier alpha value is -2.16. The van der Waals surface area contributed by atoms with E-state index in [9.17, 15) is 5.11 Å². The first kappa shape index (κ1) is 14.3. The molecule has 0 radical (unpaired) electrons. The van der Waals surface area contributed by atoms with Crippen molar-refractivity contribution in [3.63, 3.8) is 0 Å². The summed E-state index contributed by atoms with van der Waals surface area (Å²) in [7, 11) is 4.08. The van der Waals surface area contributed by atoms with E-state index in [-0.39, 0.29) is 0 Å². The van der Waals surface area contributed by atoms with Gasteiger partial charge in [0.25, 0.3) is 0 Å². The molecule has 0 heterocycles. The Bertz CT molecular complexity index is 606. The Kier molecular flexibility index (Phi) is 4.18. The van der Waals surface area contributed by atoms with Gasteiger partial charge in [-0.1, -0.05) is 23.8 Å².